The second-order valence-electron chi connectivity index (χ2n) is 7.66. The van der Waals surface area contributed by atoms with Gasteiger partial charge in [-0.15, -0.1) is 0 Å². The Morgan fingerprint density at radius 1 is 1.37 bits per heavy atom. The lowest BCUT2D eigenvalue weighted by atomic mass is 9.95. The number of nitrogens with zero attached hydrogens (tertiary/aromatic N) is 4. The van der Waals surface area contributed by atoms with Gasteiger partial charge in [0.1, 0.15) is 11.1 Å². The molecule has 5 rings (SSSR count). The van der Waals surface area contributed by atoms with Crippen LogP contribution in [0.3, 0.4) is 0 Å². The molecule has 2 aliphatic rings. The summed E-state index contributed by atoms with van der Waals surface area (Å²) in [6, 6.07) is 5.80. The fourth-order valence-electron chi connectivity index (χ4n) is 4.30. The number of hydrogen-bond acceptors (Lipinski definition) is 8. The summed E-state index contributed by atoms with van der Waals surface area (Å²) in [5.74, 6) is 1.12. The van der Waals surface area contributed by atoms with Crippen LogP contribution < -0.4 is 15.5 Å². The minimum absolute atomic E-state index is 0.169. The van der Waals surface area contributed by atoms with Gasteiger partial charge in [-0.1, -0.05) is 11.6 Å². The molecule has 2 aliphatic heterocycles. The van der Waals surface area contributed by atoms with Crippen molar-refractivity contribution in [1.29, 1.82) is 0 Å². The number of rotatable bonds is 5. The van der Waals surface area contributed by atoms with E-state index in [1.807, 2.05) is 25.1 Å². The van der Waals surface area contributed by atoms with Crippen LogP contribution in [0.15, 0.2) is 30.6 Å². The summed E-state index contributed by atoms with van der Waals surface area (Å²) in [4.78, 5) is 23.4. The van der Waals surface area contributed by atoms with E-state index >= 15 is 0 Å². The van der Waals surface area contributed by atoms with Gasteiger partial charge in [0.05, 0.1) is 24.5 Å². The van der Waals surface area contributed by atoms with Gasteiger partial charge in [0.25, 0.3) is 0 Å². The third-order valence-corrected chi connectivity index (χ3v) is 5.90. The zero-order valence-corrected chi connectivity index (χ0v) is 17.2. The molecule has 10 heteroatoms. The molecule has 3 unspecified atom stereocenters. The lowest BCUT2D eigenvalue weighted by molar-refractivity contribution is -0.146. The number of halogens is 1. The SMILES string of the molecule is CCOC(=O)C1NC2CC1CN(c1ncc(Cl)c(Nc3ccc4[nH]ncc4c3)n1)C2. The molecule has 2 fully saturated rings. The number of benzene rings is 1. The smallest absolute Gasteiger partial charge is 0.323 e. The molecule has 3 N–H and O–H groups in total. The standard InChI is InChI=1S/C20H22ClN7O2/c1-2-30-19(29)17-12-6-14(24-17)10-28(9-12)20-22-8-15(21)18(26-20)25-13-3-4-16-11(5-13)7-23-27-16/h3-5,7-8,12,14,17,24H,2,6,9-10H2,1H3,(H,23,27)(H,22,25,26). The first kappa shape index (κ1) is 19.1. The monoisotopic (exact) mass is 427 g/mol. The summed E-state index contributed by atoms with van der Waals surface area (Å²) < 4.78 is 5.22. The first-order valence-corrected chi connectivity index (χ1v) is 10.4. The lowest BCUT2D eigenvalue weighted by Crippen LogP contribution is -2.42. The summed E-state index contributed by atoms with van der Waals surface area (Å²) >= 11 is 6.35. The predicted octanol–water partition coefficient (Wildman–Crippen LogP) is 2.48. The Balaban J connectivity index is 1.35. The van der Waals surface area contributed by atoms with Crippen LogP contribution in [0.2, 0.25) is 5.02 Å². The van der Waals surface area contributed by atoms with Gasteiger partial charge in [-0.2, -0.15) is 10.1 Å². The fraction of sp³-hybridized carbons (Fsp3) is 0.400. The number of piperidine rings is 1. The maximum atomic E-state index is 12.2. The van der Waals surface area contributed by atoms with Crippen LogP contribution in [0.25, 0.3) is 10.9 Å². The lowest BCUT2D eigenvalue weighted by Gasteiger charge is -2.31. The number of carbonyl (C=O) groups is 1. The third kappa shape index (κ3) is 3.54. The van der Waals surface area contributed by atoms with Crippen LogP contribution in [0.1, 0.15) is 13.3 Å². The first-order valence-electron chi connectivity index (χ1n) is 10.0. The summed E-state index contributed by atoms with van der Waals surface area (Å²) in [6.07, 6.45) is 4.32. The highest BCUT2D eigenvalue weighted by Gasteiger charge is 2.44. The van der Waals surface area contributed by atoms with E-state index in [1.54, 1.807) is 12.4 Å². The molecular weight excluding hydrogens is 406 g/mol. The van der Waals surface area contributed by atoms with Gasteiger partial charge in [0.2, 0.25) is 5.95 Å². The van der Waals surface area contributed by atoms with Crippen molar-refractivity contribution < 1.29 is 9.53 Å². The van der Waals surface area contributed by atoms with Gasteiger partial charge in [0, 0.05) is 36.1 Å². The number of fused-ring (bicyclic) bond motifs is 3. The van der Waals surface area contributed by atoms with Crippen LogP contribution >= 0.6 is 11.6 Å². The molecule has 3 atom stereocenters. The minimum Gasteiger partial charge on any atom is -0.465 e. The molecule has 9 nitrogen and oxygen atoms in total. The fourth-order valence-corrected chi connectivity index (χ4v) is 4.44. The largest absolute Gasteiger partial charge is 0.465 e. The van der Waals surface area contributed by atoms with E-state index < -0.39 is 0 Å². The summed E-state index contributed by atoms with van der Waals surface area (Å²) in [5, 5.41) is 15.1. The highest BCUT2D eigenvalue weighted by Crippen LogP contribution is 2.32. The number of hydrogen-bond donors (Lipinski definition) is 3. The van der Waals surface area contributed by atoms with E-state index in [2.05, 4.69) is 35.7 Å². The zero-order chi connectivity index (χ0) is 20.7. The Labute approximate surface area is 178 Å². The number of H-pyrrole nitrogens is 1. The molecule has 0 spiro atoms. The van der Waals surface area contributed by atoms with E-state index in [9.17, 15) is 4.79 Å². The van der Waals surface area contributed by atoms with Crippen LogP contribution in [0.4, 0.5) is 17.5 Å². The van der Waals surface area contributed by atoms with Gasteiger partial charge in [0.15, 0.2) is 5.82 Å². The Morgan fingerprint density at radius 3 is 3.13 bits per heavy atom. The van der Waals surface area contributed by atoms with Gasteiger partial charge in [-0.05, 0) is 31.5 Å². The Bertz CT molecular complexity index is 1090. The minimum atomic E-state index is -0.272. The second kappa shape index (κ2) is 7.73. The second-order valence-corrected chi connectivity index (χ2v) is 8.06. The highest BCUT2D eigenvalue weighted by atomic mass is 35.5. The first-order chi connectivity index (χ1) is 14.6. The summed E-state index contributed by atoms with van der Waals surface area (Å²) in [5.41, 5.74) is 1.82. The van der Waals surface area contributed by atoms with Crippen LogP contribution in [-0.4, -0.2) is 57.9 Å². The molecule has 0 saturated carbocycles. The maximum Gasteiger partial charge on any atom is 0.323 e. The molecule has 156 valence electrons. The Hall–Kier alpha value is -2.91. The number of nitrogens with one attached hydrogen (secondary N) is 3. The molecule has 1 aromatic carbocycles. The number of carbonyl (C=O) groups excluding carboxylic acids is 1. The van der Waals surface area contributed by atoms with E-state index in [1.165, 1.54) is 0 Å². The molecule has 2 aromatic heterocycles. The van der Waals surface area contributed by atoms with Crippen molar-refractivity contribution in [2.24, 2.45) is 5.92 Å². The normalized spacial score (nSPS) is 23.0. The molecule has 30 heavy (non-hydrogen) atoms. The number of aromatic nitrogens is 4. The van der Waals surface area contributed by atoms with Crippen LogP contribution in [0.5, 0.6) is 0 Å². The van der Waals surface area contributed by atoms with Crippen molar-refractivity contribution in [2.75, 3.05) is 29.9 Å². The van der Waals surface area contributed by atoms with Crippen molar-refractivity contribution in [3.63, 3.8) is 0 Å². The number of esters is 1. The summed E-state index contributed by atoms with van der Waals surface area (Å²) in [6.45, 7) is 3.63. The average Bonchev–Trinajstić information content (AvgIpc) is 3.32. The van der Waals surface area contributed by atoms with Crippen molar-refractivity contribution in [3.8, 4) is 0 Å². The molecule has 0 amide bonds. The average molecular weight is 428 g/mol. The molecule has 4 heterocycles. The maximum absolute atomic E-state index is 12.2. The van der Waals surface area contributed by atoms with Gasteiger partial charge in [-0.3, -0.25) is 15.2 Å². The Morgan fingerprint density at radius 2 is 2.27 bits per heavy atom. The molecule has 2 saturated heterocycles. The predicted molar refractivity (Wildman–Crippen MR) is 114 cm³/mol. The van der Waals surface area contributed by atoms with Gasteiger partial charge < -0.3 is 15.0 Å². The van der Waals surface area contributed by atoms with Gasteiger partial charge >= 0.3 is 5.97 Å². The highest BCUT2D eigenvalue weighted by molar-refractivity contribution is 6.32. The number of ether oxygens (including phenoxy) is 1. The molecule has 2 bridgehead atoms. The Kier molecular flexibility index (Phi) is 4.92. The summed E-state index contributed by atoms with van der Waals surface area (Å²) in [7, 11) is 0. The van der Waals surface area contributed by atoms with Crippen molar-refractivity contribution in [2.45, 2.75) is 25.4 Å². The quantitative estimate of drug-likeness (QED) is 0.533. The number of anilines is 3. The van der Waals surface area contributed by atoms with E-state index in [-0.39, 0.29) is 24.0 Å². The molecule has 0 radical (unpaired) electrons. The van der Waals surface area contributed by atoms with Crippen molar-refractivity contribution >= 4 is 45.9 Å². The molecular formula is C20H22ClN7O2. The topological polar surface area (TPSA) is 108 Å². The van der Waals surface area contributed by atoms with Crippen molar-refractivity contribution in [1.82, 2.24) is 25.5 Å². The number of aromatic amines is 1. The van der Waals surface area contributed by atoms with Gasteiger partial charge in [-0.25, -0.2) is 4.98 Å². The van der Waals surface area contributed by atoms with Crippen LogP contribution in [0, 0.1) is 5.92 Å². The van der Waals surface area contributed by atoms with E-state index in [0.29, 0.717) is 29.9 Å². The van der Waals surface area contributed by atoms with E-state index in [4.69, 9.17) is 16.3 Å². The van der Waals surface area contributed by atoms with Crippen molar-refractivity contribution in [3.05, 3.63) is 35.6 Å². The molecule has 0 aliphatic carbocycles. The van der Waals surface area contributed by atoms with E-state index in [0.717, 1.165) is 29.6 Å². The van der Waals surface area contributed by atoms with Crippen LogP contribution in [-0.2, 0) is 9.53 Å². The third-order valence-electron chi connectivity index (χ3n) is 5.63. The zero-order valence-electron chi connectivity index (χ0n) is 16.4. The molecule has 3 aromatic rings.